The highest BCUT2D eigenvalue weighted by atomic mass is 35.5. The summed E-state index contributed by atoms with van der Waals surface area (Å²) >= 11 is 6.00. The summed E-state index contributed by atoms with van der Waals surface area (Å²) in [5, 5.41) is 0.678. The van der Waals surface area contributed by atoms with Gasteiger partial charge in [-0.15, -0.1) is 0 Å². The van der Waals surface area contributed by atoms with E-state index in [1.165, 1.54) is 24.4 Å². The van der Waals surface area contributed by atoms with E-state index in [0.29, 0.717) is 32.9 Å². The van der Waals surface area contributed by atoms with Crippen molar-refractivity contribution < 1.29 is 9.13 Å². The number of ether oxygens (including phenoxy) is 1. The predicted octanol–water partition coefficient (Wildman–Crippen LogP) is 3.75. The smallest absolute Gasteiger partial charge is 0.333 e. The van der Waals surface area contributed by atoms with E-state index >= 15 is 0 Å². The third-order valence-corrected chi connectivity index (χ3v) is 4.73. The predicted molar refractivity (Wildman–Crippen MR) is 108 cm³/mol. The van der Waals surface area contributed by atoms with E-state index in [9.17, 15) is 14.0 Å². The van der Waals surface area contributed by atoms with Crippen LogP contribution in [-0.4, -0.2) is 14.5 Å². The third kappa shape index (κ3) is 3.64. The molecule has 0 amide bonds. The van der Waals surface area contributed by atoms with E-state index in [1.807, 2.05) is 0 Å². The van der Waals surface area contributed by atoms with Crippen molar-refractivity contribution in [2.75, 3.05) is 0 Å². The summed E-state index contributed by atoms with van der Waals surface area (Å²) in [7, 11) is 0. The van der Waals surface area contributed by atoms with Crippen LogP contribution in [0.3, 0.4) is 0 Å². The van der Waals surface area contributed by atoms with Crippen LogP contribution in [0.1, 0.15) is 11.3 Å². The minimum absolute atomic E-state index is 0.0895. The van der Waals surface area contributed by atoms with Gasteiger partial charge in [0.1, 0.15) is 23.9 Å². The van der Waals surface area contributed by atoms with Crippen molar-refractivity contribution in [2.45, 2.75) is 13.5 Å². The van der Waals surface area contributed by atoms with E-state index < -0.39 is 17.1 Å². The molecule has 4 aromatic rings. The molecule has 0 unspecified atom stereocenters. The molecule has 0 saturated heterocycles. The summed E-state index contributed by atoms with van der Waals surface area (Å²) in [6, 6.07) is 12.4. The van der Waals surface area contributed by atoms with Crippen LogP contribution in [0.4, 0.5) is 4.39 Å². The molecule has 0 fully saturated rings. The zero-order valence-electron chi connectivity index (χ0n) is 15.3. The molecule has 0 bridgehead atoms. The summed E-state index contributed by atoms with van der Waals surface area (Å²) in [6.45, 7) is 1.68. The van der Waals surface area contributed by atoms with Crippen LogP contribution in [0.5, 0.6) is 5.75 Å². The topological polar surface area (TPSA) is 77.0 Å². The molecule has 6 nitrogen and oxygen atoms in total. The van der Waals surface area contributed by atoms with Gasteiger partial charge in [-0.2, -0.15) is 0 Å². The number of H-pyrrole nitrogens is 1. The zero-order chi connectivity index (χ0) is 20.5. The molecule has 29 heavy (non-hydrogen) atoms. The second-order valence-electron chi connectivity index (χ2n) is 6.43. The summed E-state index contributed by atoms with van der Waals surface area (Å²) in [6.07, 6.45) is 1.47. The lowest BCUT2D eigenvalue weighted by Gasteiger charge is -2.12. The number of nitrogens with zero attached hydrogens (tertiary/aromatic N) is 2. The second kappa shape index (κ2) is 7.52. The van der Waals surface area contributed by atoms with Gasteiger partial charge in [0.2, 0.25) is 0 Å². The molecule has 0 saturated carbocycles. The number of hydrogen-bond donors (Lipinski definition) is 1. The van der Waals surface area contributed by atoms with Crippen molar-refractivity contribution in [3.05, 3.63) is 97.7 Å². The molecule has 2 aromatic carbocycles. The van der Waals surface area contributed by atoms with E-state index in [4.69, 9.17) is 16.3 Å². The van der Waals surface area contributed by atoms with E-state index in [0.717, 1.165) is 4.57 Å². The van der Waals surface area contributed by atoms with Crippen LogP contribution in [0.15, 0.2) is 64.3 Å². The van der Waals surface area contributed by atoms with Gasteiger partial charge in [-0.3, -0.25) is 9.78 Å². The molecule has 0 radical (unpaired) electrons. The molecule has 1 N–H and O–H groups in total. The summed E-state index contributed by atoms with van der Waals surface area (Å²) in [5.41, 5.74) is 0.525. The first kappa shape index (κ1) is 18.9. The van der Waals surface area contributed by atoms with Crippen LogP contribution in [0.25, 0.3) is 16.6 Å². The molecule has 2 heterocycles. The van der Waals surface area contributed by atoms with Gasteiger partial charge in [0.15, 0.2) is 0 Å². The Morgan fingerprint density at radius 2 is 2.00 bits per heavy atom. The molecule has 146 valence electrons. The highest BCUT2D eigenvalue weighted by molar-refractivity contribution is 6.31. The van der Waals surface area contributed by atoms with Crippen molar-refractivity contribution >= 4 is 22.5 Å². The van der Waals surface area contributed by atoms with Gasteiger partial charge in [0.05, 0.1) is 16.6 Å². The fourth-order valence-electron chi connectivity index (χ4n) is 3.00. The molecule has 8 heteroatoms. The molecule has 0 spiro atoms. The zero-order valence-corrected chi connectivity index (χ0v) is 16.0. The Bertz CT molecular complexity index is 1350. The van der Waals surface area contributed by atoms with Gasteiger partial charge in [0, 0.05) is 17.3 Å². The van der Waals surface area contributed by atoms with Crippen molar-refractivity contribution in [1.29, 1.82) is 0 Å². The lowest BCUT2D eigenvalue weighted by atomic mass is 10.1. The van der Waals surface area contributed by atoms with E-state index in [1.54, 1.807) is 37.3 Å². The standard InChI is InChI=1S/C21H15ClFN3O3/c1-12-4-6-14(29-11-18-16(23)3-2-8-24-18)10-19(12)26-20(27)15-9-13(22)5-7-17(15)25-21(26)28/h2-10H,11H2,1H3,(H,25,28). The molecule has 0 atom stereocenters. The minimum atomic E-state index is -0.583. The Labute approximate surface area is 169 Å². The van der Waals surface area contributed by atoms with Gasteiger partial charge in [-0.25, -0.2) is 13.8 Å². The Hall–Kier alpha value is -3.45. The van der Waals surface area contributed by atoms with Gasteiger partial charge in [0.25, 0.3) is 5.56 Å². The Morgan fingerprint density at radius 3 is 2.79 bits per heavy atom. The first-order valence-electron chi connectivity index (χ1n) is 8.72. The fourth-order valence-corrected chi connectivity index (χ4v) is 3.17. The summed E-state index contributed by atoms with van der Waals surface area (Å²) < 4.78 is 20.4. The van der Waals surface area contributed by atoms with Crippen LogP contribution in [0, 0.1) is 12.7 Å². The Balaban J connectivity index is 1.78. The lowest BCUT2D eigenvalue weighted by Crippen LogP contribution is -2.34. The SMILES string of the molecule is Cc1ccc(OCc2ncccc2F)cc1-n1c(=O)[nH]c2ccc(Cl)cc2c1=O. The van der Waals surface area contributed by atoms with Gasteiger partial charge in [-0.1, -0.05) is 17.7 Å². The summed E-state index contributed by atoms with van der Waals surface area (Å²) in [4.78, 5) is 32.2. The molecule has 0 aliphatic rings. The average Bonchev–Trinajstić information content (AvgIpc) is 2.70. The fraction of sp³-hybridized carbons (Fsp3) is 0.0952. The number of rotatable bonds is 4. The van der Waals surface area contributed by atoms with Crippen molar-refractivity contribution in [3.8, 4) is 11.4 Å². The maximum Gasteiger partial charge on any atom is 0.333 e. The van der Waals surface area contributed by atoms with E-state index in [-0.39, 0.29) is 12.3 Å². The number of hydrogen-bond acceptors (Lipinski definition) is 4. The van der Waals surface area contributed by atoms with Gasteiger partial charge >= 0.3 is 5.69 Å². The first-order chi connectivity index (χ1) is 13.9. The number of pyridine rings is 1. The Kier molecular flexibility index (Phi) is 4.90. The van der Waals surface area contributed by atoms with Crippen LogP contribution < -0.4 is 16.0 Å². The lowest BCUT2D eigenvalue weighted by molar-refractivity contribution is 0.294. The van der Waals surface area contributed by atoms with Crippen molar-refractivity contribution in [1.82, 2.24) is 14.5 Å². The first-order valence-corrected chi connectivity index (χ1v) is 9.09. The highest BCUT2D eigenvalue weighted by Crippen LogP contribution is 2.21. The van der Waals surface area contributed by atoms with Crippen molar-refractivity contribution in [3.63, 3.8) is 0 Å². The number of fused-ring (bicyclic) bond motifs is 1. The maximum atomic E-state index is 13.7. The van der Waals surface area contributed by atoms with Crippen LogP contribution in [-0.2, 0) is 6.61 Å². The van der Waals surface area contributed by atoms with Crippen molar-refractivity contribution in [2.24, 2.45) is 0 Å². The average molecular weight is 412 g/mol. The third-order valence-electron chi connectivity index (χ3n) is 4.49. The number of nitrogens with one attached hydrogen (secondary N) is 1. The van der Waals surface area contributed by atoms with E-state index in [2.05, 4.69) is 9.97 Å². The normalized spacial score (nSPS) is 11.0. The quantitative estimate of drug-likeness (QED) is 0.554. The number of aromatic nitrogens is 3. The molecular weight excluding hydrogens is 397 g/mol. The largest absolute Gasteiger partial charge is 0.487 e. The molecular formula is C21H15ClFN3O3. The van der Waals surface area contributed by atoms with Gasteiger partial charge in [-0.05, 0) is 48.9 Å². The number of benzene rings is 2. The second-order valence-corrected chi connectivity index (χ2v) is 6.87. The maximum absolute atomic E-state index is 13.7. The number of aryl methyl sites for hydroxylation is 1. The van der Waals surface area contributed by atoms with Gasteiger partial charge < -0.3 is 9.72 Å². The molecule has 0 aliphatic heterocycles. The van der Waals surface area contributed by atoms with Crippen LogP contribution >= 0.6 is 11.6 Å². The number of halogens is 2. The molecule has 2 aromatic heterocycles. The number of aromatic amines is 1. The summed E-state index contributed by atoms with van der Waals surface area (Å²) in [5.74, 6) is -0.105. The monoisotopic (exact) mass is 411 g/mol. The Morgan fingerprint density at radius 1 is 1.17 bits per heavy atom. The van der Waals surface area contributed by atoms with Crippen LogP contribution in [0.2, 0.25) is 5.02 Å². The highest BCUT2D eigenvalue weighted by Gasteiger charge is 2.13. The molecule has 4 rings (SSSR count). The minimum Gasteiger partial charge on any atom is -0.487 e. The molecule has 0 aliphatic carbocycles.